The molecule has 2 atom stereocenters. The molecule has 0 saturated heterocycles. The number of unbranched alkanes of at least 4 members (excludes halogenated alkanes) is 22. The molecule has 9 nitrogen and oxygen atoms in total. The van der Waals surface area contributed by atoms with Gasteiger partial charge in [0.15, 0.2) is 0 Å². The van der Waals surface area contributed by atoms with Gasteiger partial charge in [-0.05, 0) is 64.2 Å². The number of rotatable bonds is 42. The van der Waals surface area contributed by atoms with Crippen molar-refractivity contribution in [1.29, 1.82) is 0 Å². The molecule has 0 saturated carbocycles. The van der Waals surface area contributed by atoms with Gasteiger partial charge in [0, 0.05) is 12.8 Å². The quantitative estimate of drug-likeness (QED) is 0.0315. The number of hydrogen-bond donors (Lipinski definition) is 3. The molecular formula is C45H84O9. The third kappa shape index (κ3) is 41.4. The number of ether oxygens (including phenoxy) is 4. The molecule has 0 rings (SSSR count). The molecule has 2 unspecified atom stereocenters. The fourth-order valence-corrected chi connectivity index (χ4v) is 6.03. The van der Waals surface area contributed by atoms with Crippen LogP contribution in [0.25, 0.3) is 0 Å². The molecule has 9 heteroatoms. The molecule has 0 amide bonds. The maximum absolute atomic E-state index is 12.0. The van der Waals surface area contributed by atoms with Crippen LogP contribution >= 0.6 is 0 Å². The molecule has 0 aliphatic carbocycles. The van der Waals surface area contributed by atoms with Gasteiger partial charge in [-0.3, -0.25) is 9.59 Å². The van der Waals surface area contributed by atoms with Gasteiger partial charge in [-0.1, -0.05) is 141 Å². The summed E-state index contributed by atoms with van der Waals surface area (Å²) in [6.45, 7) is 3.85. The lowest BCUT2D eigenvalue weighted by molar-refractivity contribution is -0.148. The Morgan fingerprint density at radius 1 is 0.389 bits per heavy atom. The number of allylic oxidation sites excluding steroid dienone is 4. The predicted octanol–water partition coefficient (Wildman–Crippen LogP) is 10.3. The van der Waals surface area contributed by atoms with Crippen LogP contribution in [0.4, 0.5) is 0 Å². The fourth-order valence-electron chi connectivity index (χ4n) is 6.03. The van der Waals surface area contributed by atoms with Crippen LogP contribution < -0.4 is 0 Å². The van der Waals surface area contributed by atoms with Gasteiger partial charge in [0.1, 0.15) is 31.5 Å². The Morgan fingerprint density at radius 3 is 0.963 bits per heavy atom. The monoisotopic (exact) mass is 769 g/mol. The highest BCUT2D eigenvalue weighted by atomic mass is 16.6. The highest BCUT2D eigenvalue weighted by Crippen LogP contribution is 2.12. The Bertz CT molecular complexity index is 794. The van der Waals surface area contributed by atoms with E-state index in [2.05, 4.69) is 38.2 Å². The van der Waals surface area contributed by atoms with Crippen molar-refractivity contribution < 1.29 is 43.9 Å². The molecule has 318 valence electrons. The molecule has 0 heterocycles. The summed E-state index contributed by atoms with van der Waals surface area (Å²) in [5.41, 5.74) is 0. The summed E-state index contributed by atoms with van der Waals surface area (Å²) < 4.78 is 20.9. The van der Waals surface area contributed by atoms with Crippen LogP contribution in [-0.4, -0.2) is 85.2 Å². The van der Waals surface area contributed by atoms with Crippen LogP contribution in [0.1, 0.15) is 194 Å². The third-order valence-electron chi connectivity index (χ3n) is 9.40. The number of carbonyl (C=O) groups is 2. The Balaban J connectivity index is 3.57. The van der Waals surface area contributed by atoms with Gasteiger partial charge in [0.2, 0.25) is 0 Å². The minimum atomic E-state index is -0.987. The fraction of sp³-hybridized carbons (Fsp3) is 0.867. The molecule has 54 heavy (non-hydrogen) atoms. The average molecular weight is 769 g/mol. The molecule has 0 spiro atoms. The lowest BCUT2D eigenvalue weighted by atomic mass is 10.1. The lowest BCUT2D eigenvalue weighted by Gasteiger charge is -2.16. The van der Waals surface area contributed by atoms with Gasteiger partial charge >= 0.3 is 11.9 Å². The van der Waals surface area contributed by atoms with Crippen LogP contribution in [0.2, 0.25) is 0 Å². The maximum Gasteiger partial charge on any atom is 0.305 e. The van der Waals surface area contributed by atoms with Crippen molar-refractivity contribution in [2.45, 2.75) is 212 Å². The van der Waals surface area contributed by atoms with E-state index in [0.29, 0.717) is 12.8 Å². The van der Waals surface area contributed by atoms with Crippen molar-refractivity contribution in [2.75, 3.05) is 39.6 Å². The maximum atomic E-state index is 12.0. The zero-order valence-corrected chi connectivity index (χ0v) is 34.9. The second-order valence-electron chi connectivity index (χ2n) is 15.1. The van der Waals surface area contributed by atoms with Gasteiger partial charge in [-0.25, -0.2) is 0 Å². The third-order valence-corrected chi connectivity index (χ3v) is 9.40. The van der Waals surface area contributed by atoms with E-state index in [4.69, 9.17) is 18.9 Å². The second-order valence-corrected chi connectivity index (χ2v) is 15.1. The first kappa shape index (κ1) is 52.2. The number of aliphatic hydroxyl groups excluding tert-OH is 3. The van der Waals surface area contributed by atoms with E-state index in [1.54, 1.807) is 0 Å². The van der Waals surface area contributed by atoms with Gasteiger partial charge in [0.05, 0.1) is 26.4 Å². The molecule has 0 aliphatic heterocycles. The summed E-state index contributed by atoms with van der Waals surface area (Å²) in [6, 6.07) is 0. The Hall–Kier alpha value is -1.78. The van der Waals surface area contributed by atoms with E-state index in [1.165, 1.54) is 103 Å². The van der Waals surface area contributed by atoms with Gasteiger partial charge in [-0.15, -0.1) is 0 Å². The average Bonchev–Trinajstić information content (AvgIpc) is 3.16. The molecule has 0 aromatic heterocycles. The topological polar surface area (TPSA) is 132 Å². The SMILES string of the molecule is CCCCCCCCC=CCCCCCCCC(=O)OCC(O)COCC(O)COCC(O)COC(=O)CCCCCCCC=CCCCCCCCC. The largest absolute Gasteiger partial charge is 0.463 e. The first-order valence-corrected chi connectivity index (χ1v) is 22.2. The Labute approximate surface area is 331 Å². The molecule has 0 fully saturated rings. The first-order valence-electron chi connectivity index (χ1n) is 22.2. The van der Waals surface area contributed by atoms with Crippen molar-refractivity contribution in [3.63, 3.8) is 0 Å². The molecule has 3 N–H and O–H groups in total. The molecule has 0 aliphatic rings. The van der Waals surface area contributed by atoms with Crippen LogP contribution in [0.5, 0.6) is 0 Å². The van der Waals surface area contributed by atoms with Crippen LogP contribution in [0, 0.1) is 0 Å². The lowest BCUT2D eigenvalue weighted by Crippen LogP contribution is -2.30. The first-order chi connectivity index (χ1) is 26.4. The summed E-state index contributed by atoms with van der Waals surface area (Å²) in [5, 5.41) is 30.1. The van der Waals surface area contributed by atoms with E-state index in [0.717, 1.165) is 64.2 Å². The van der Waals surface area contributed by atoms with Crippen LogP contribution in [0.15, 0.2) is 24.3 Å². The van der Waals surface area contributed by atoms with Crippen LogP contribution in [0.3, 0.4) is 0 Å². The second kappa shape index (κ2) is 42.4. The van der Waals surface area contributed by atoms with Crippen molar-refractivity contribution in [3.05, 3.63) is 24.3 Å². The molecule has 0 aromatic carbocycles. The van der Waals surface area contributed by atoms with Crippen molar-refractivity contribution in [1.82, 2.24) is 0 Å². The zero-order valence-electron chi connectivity index (χ0n) is 34.9. The molecular weight excluding hydrogens is 684 g/mol. The van der Waals surface area contributed by atoms with E-state index >= 15 is 0 Å². The number of carbonyl (C=O) groups excluding carboxylic acids is 2. The molecule has 0 aromatic rings. The normalized spacial score (nSPS) is 13.5. The Kier molecular flexibility index (Phi) is 41.0. The number of hydrogen-bond acceptors (Lipinski definition) is 9. The number of esters is 2. The smallest absolute Gasteiger partial charge is 0.305 e. The standard InChI is InChI=1S/C45H84O9/c1-3-5-7-9-11-13-15-17-19-21-23-25-27-29-31-33-44(49)53-39-42(47)37-51-35-41(46)36-52-38-43(48)40-54-45(50)34-32-30-28-26-24-22-20-18-16-14-12-10-8-6-4-2/h17-20,41-43,46-48H,3-16,21-40H2,1-2H3. The van der Waals surface area contributed by atoms with E-state index in [1.807, 2.05) is 0 Å². The highest BCUT2D eigenvalue weighted by Gasteiger charge is 2.13. The van der Waals surface area contributed by atoms with Crippen molar-refractivity contribution in [3.8, 4) is 0 Å². The summed E-state index contributed by atoms with van der Waals surface area (Å²) in [7, 11) is 0. The summed E-state index contributed by atoms with van der Waals surface area (Å²) in [4.78, 5) is 24.0. The van der Waals surface area contributed by atoms with Crippen molar-refractivity contribution in [2.24, 2.45) is 0 Å². The van der Waals surface area contributed by atoms with Crippen LogP contribution in [-0.2, 0) is 28.5 Å². The summed E-state index contributed by atoms with van der Waals surface area (Å²) in [5.74, 6) is -0.653. The van der Waals surface area contributed by atoms with E-state index in [-0.39, 0.29) is 51.6 Å². The van der Waals surface area contributed by atoms with Crippen molar-refractivity contribution >= 4 is 11.9 Å². The zero-order chi connectivity index (χ0) is 39.6. The predicted molar refractivity (Wildman–Crippen MR) is 220 cm³/mol. The summed E-state index contributed by atoms with van der Waals surface area (Å²) in [6.07, 6.45) is 38.1. The minimum absolute atomic E-state index is 0.0824. The number of aliphatic hydroxyl groups is 3. The summed E-state index contributed by atoms with van der Waals surface area (Å²) >= 11 is 0. The van der Waals surface area contributed by atoms with E-state index in [9.17, 15) is 24.9 Å². The van der Waals surface area contributed by atoms with Gasteiger partial charge in [-0.2, -0.15) is 0 Å². The molecule has 0 bridgehead atoms. The minimum Gasteiger partial charge on any atom is -0.463 e. The highest BCUT2D eigenvalue weighted by molar-refractivity contribution is 5.69. The van der Waals surface area contributed by atoms with Gasteiger partial charge in [0.25, 0.3) is 0 Å². The molecule has 0 radical (unpaired) electrons. The van der Waals surface area contributed by atoms with Gasteiger partial charge < -0.3 is 34.3 Å². The van der Waals surface area contributed by atoms with E-state index < -0.39 is 18.3 Å². The Morgan fingerprint density at radius 2 is 0.648 bits per heavy atom.